The van der Waals surface area contributed by atoms with Crippen molar-refractivity contribution in [3.05, 3.63) is 29.6 Å². The van der Waals surface area contributed by atoms with Gasteiger partial charge in [0.05, 0.1) is 5.56 Å². The number of carbonyl (C=O) groups is 2. The number of hydrogen-bond acceptors (Lipinski definition) is 2. The van der Waals surface area contributed by atoms with Crippen LogP contribution in [-0.4, -0.2) is 22.6 Å². The van der Waals surface area contributed by atoms with E-state index < -0.39 is 23.4 Å². The molecule has 0 aromatic heterocycles. The molecule has 2 amide bonds. The lowest BCUT2D eigenvalue weighted by molar-refractivity contribution is 0.0692. The Labute approximate surface area is 123 Å². The van der Waals surface area contributed by atoms with E-state index in [1.165, 1.54) is 6.07 Å². The van der Waals surface area contributed by atoms with Gasteiger partial charge in [-0.15, -0.1) is 0 Å². The van der Waals surface area contributed by atoms with E-state index in [9.17, 15) is 14.0 Å². The van der Waals surface area contributed by atoms with E-state index in [0.29, 0.717) is 0 Å². The van der Waals surface area contributed by atoms with Gasteiger partial charge in [0.1, 0.15) is 5.82 Å². The van der Waals surface area contributed by atoms with Crippen LogP contribution in [0.15, 0.2) is 18.2 Å². The van der Waals surface area contributed by atoms with Gasteiger partial charge in [-0.2, -0.15) is 0 Å². The average molecular weight is 296 g/mol. The molecule has 116 valence electrons. The number of amides is 2. The Bertz CT molecular complexity index is 519. The molecule has 0 heterocycles. The second kappa shape index (κ2) is 7.06. The first kappa shape index (κ1) is 16.9. The fraction of sp³-hybridized carbons (Fsp3) is 0.467. The minimum atomic E-state index is -1.37. The fourth-order valence-corrected chi connectivity index (χ4v) is 2.19. The minimum Gasteiger partial charge on any atom is -0.478 e. The Morgan fingerprint density at radius 1 is 1.19 bits per heavy atom. The van der Waals surface area contributed by atoms with Crippen molar-refractivity contribution in [3.63, 3.8) is 0 Å². The number of carbonyl (C=O) groups excluding carboxylic acids is 1. The maximum atomic E-state index is 13.3. The van der Waals surface area contributed by atoms with Gasteiger partial charge >= 0.3 is 12.0 Å². The van der Waals surface area contributed by atoms with Gasteiger partial charge in [-0.1, -0.05) is 20.8 Å². The van der Waals surface area contributed by atoms with Crippen LogP contribution in [0.5, 0.6) is 0 Å². The highest BCUT2D eigenvalue weighted by Gasteiger charge is 2.25. The van der Waals surface area contributed by atoms with Crippen LogP contribution in [0.1, 0.15) is 50.4 Å². The summed E-state index contributed by atoms with van der Waals surface area (Å²) in [6.07, 6.45) is 2.37. The molecule has 5 nitrogen and oxygen atoms in total. The van der Waals surface area contributed by atoms with Crippen LogP contribution in [0.3, 0.4) is 0 Å². The summed E-state index contributed by atoms with van der Waals surface area (Å²) >= 11 is 0. The lowest BCUT2D eigenvalue weighted by Gasteiger charge is -2.31. The highest BCUT2D eigenvalue weighted by Crippen LogP contribution is 2.20. The molecule has 0 saturated carbocycles. The SMILES string of the molecule is CCC(CC)(CC)NC(=O)Nc1ccc(F)c(C(=O)O)c1. The number of carboxylic acid groups (broad SMARTS) is 1. The number of urea groups is 1. The number of rotatable bonds is 6. The van der Waals surface area contributed by atoms with E-state index in [1.807, 2.05) is 20.8 Å². The van der Waals surface area contributed by atoms with E-state index >= 15 is 0 Å². The van der Waals surface area contributed by atoms with Crippen LogP contribution in [0.25, 0.3) is 0 Å². The maximum Gasteiger partial charge on any atom is 0.338 e. The van der Waals surface area contributed by atoms with Crippen molar-refractivity contribution in [2.45, 2.75) is 45.6 Å². The van der Waals surface area contributed by atoms with E-state index in [4.69, 9.17) is 5.11 Å². The molecule has 0 aliphatic heterocycles. The number of carboxylic acids is 1. The second-order valence-corrected chi connectivity index (χ2v) is 4.92. The van der Waals surface area contributed by atoms with Gasteiger partial charge in [0.15, 0.2) is 0 Å². The van der Waals surface area contributed by atoms with Gasteiger partial charge in [-0.3, -0.25) is 0 Å². The molecule has 0 radical (unpaired) electrons. The summed E-state index contributed by atoms with van der Waals surface area (Å²) in [5, 5.41) is 14.3. The molecule has 21 heavy (non-hydrogen) atoms. The number of nitrogens with one attached hydrogen (secondary N) is 2. The van der Waals surface area contributed by atoms with Crippen LogP contribution < -0.4 is 10.6 Å². The third-order valence-electron chi connectivity index (χ3n) is 3.86. The molecular weight excluding hydrogens is 275 g/mol. The fourth-order valence-electron chi connectivity index (χ4n) is 2.19. The molecule has 6 heteroatoms. The summed E-state index contributed by atoms with van der Waals surface area (Å²) in [6, 6.07) is 3.02. The highest BCUT2D eigenvalue weighted by molar-refractivity contribution is 5.93. The van der Waals surface area contributed by atoms with Gasteiger partial charge in [-0.25, -0.2) is 14.0 Å². The molecule has 0 atom stereocenters. The molecule has 3 N–H and O–H groups in total. The van der Waals surface area contributed by atoms with Crippen molar-refractivity contribution in [3.8, 4) is 0 Å². The molecule has 0 spiro atoms. The predicted molar refractivity (Wildman–Crippen MR) is 79.1 cm³/mol. The molecule has 0 fully saturated rings. The Morgan fingerprint density at radius 2 is 1.76 bits per heavy atom. The molecule has 0 saturated heterocycles. The van der Waals surface area contributed by atoms with Crippen LogP contribution in [0, 0.1) is 5.82 Å². The molecule has 1 rings (SSSR count). The van der Waals surface area contributed by atoms with E-state index in [1.54, 1.807) is 0 Å². The van der Waals surface area contributed by atoms with Crippen molar-refractivity contribution >= 4 is 17.7 Å². The van der Waals surface area contributed by atoms with Crippen LogP contribution in [-0.2, 0) is 0 Å². The van der Waals surface area contributed by atoms with Crippen molar-refractivity contribution in [2.75, 3.05) is 5.32 Å². The number of hydrogen-bond donors (Lipinski definition) is 3. The summed E-state index contributed by atoms with van der Waals surface area (Å²) in [5.41, 5.74) is -0.524. The van der Waals surface area contributed by atoms with Crippen molar-refractivity contribution < 1.29 is 19.1 Å². The smallest absolute Gasteiger partial charge is 0.338 e. The van der Waals surface area contributed by atoms with Crippen LogP contribution in [0.2, 0.25) is 0 Å². The standard InChI is InChI=1S/C15H21FN2O3/c1-4-15(5-2,6-3)18-14(21)17-10-7-8-12(16)11(9-10)13(19)20/h7-9H,4-6H2,1-3H3,(H,19,20)(H2,17,18,21). The third kappa shape index (κ3) is 4.18. The number of benzene rings is 1. The number of aromatic carboxylic acids is 1. The molecule has 0 aliphatic carbocycles. The predicted octanol–water partition coefficient (Wildman–Crippen LogP) is 3.61. The third-order valence-corrected chi connectivity index (χ3v) is 3.86. The molecule has 0 bridgehead atoms. The highest BCUT2D eigenvalue weighted by atomic mass is 19.1. The van der Waals surface area contributed by atoms with Crippen molar-refractivity contribution in [1.29, 1.82) is 0 Å². The largest absolute Gasteiger partial charge is 0.478 e. The second-order valence-electron chi connectivity index (χ2n) is 4.92. The molecule has 1 aromatic rings. The van der Waals surface area contributed by atoms with Crippen molar-refractivity contribution in [2.24, 2.45) is 0 Å². The lowest BCUT2D eigenvalue weighted by atomic mass is 9.90. The average Bonchev–Trinajstić information content (AvgIpc) is 2.46. The summed E-state index contributed by atoms with van der Waals surface area (Å²) < 4.78 is 13.3. The molecule has 1 aromatic carbocycles. The zero-order valence-electron chi connectivity index (χ0n) is 12.5. The first-order valence-electron chi connectivity index (χ1n) is 6.99. The molecule has 0 unspecified atom stereocenters. The topological polar surface area (TPSA) is 78.4 Å². The Kier molecular flexibility index (Phi) is 5.69. The number of halogens is 1. The monoisotopic (exact) mass is 296 g/mol. The molecular formula is C15H21FN2O3. The summed E-state index contributed by atoms with van der Waals surface area (Å²) in [7, 11) is 0. The van der Waals surface area contributed by atoms with E-state index in [-0.39, 0.29) is 11.2 Å². The van der Waals surface area contributed by atoms with Gasteiger partial charge in [-0.05, 0) is 37.5 Å². The lowest BCUT2D eigenvalue weighted by Crippen LogP contribution is -2.48. The molecule has 0 aliphatic rings. The Morgan fingerprint density at radius 3 is 2.24 bits per heavy atom. The van der Waals surface area contributed by atoms with Gasteiger partial charge in [0, 0.05) is 11.2 Å². The van der Waals surface area contributed by atoms with Crippen LogP contribution >= 0.6 is 0 Å². The van der Waals surface area contributed by atoms with E-state index in [2.05, 4.69) is 10.6 Å². The summed E-state index contributed by atoms with van der Waals surface area (Å²) in [5.74, 6) is -2.21. The first-order chi connectivity index (χ1) is 9.87. The van der Waals surface area contributed by atoms with Gasteiger partial charge in [0.25, 0.3) is 0 Å². The van der Waals surface area contributed by atoms with E-state index in [0.717, 1.165) is 31.4 Å². The van der Waals surface area contributed by atoms with Gasteiger partial charge in [0.2, 0.25) is 0 Å². The quantitative estimate of drug-likeness (QED) is 0.750. The summed E-state index contributed by atoms with van der Waals surface area (Å²) in [6.45, 7) is 5.98. The number of anilines is 1. The maximum absolute atomic E-state index is 13.3. The zero-order valence-corrected chi connectivity index (χ0v) is 12.5. The summed E-state index contributed by atoms with van der Waals surface area (Å²) in [4.78, 5) is 22.9. The Hall–Kier alpha value is -2.11. The zero-order chi connectivity index (χ0) is 16.0. The van der Waals surface area contributed by atoms with Crippen LogP contribution in [0.4, 0.5) is 14.9 Å². The minimum absolute atomic E-state index is 0.239. The van der Waals surface area contributed by atoms with Gasteiger partial charge < -0.3 is 15.7 Å². The Balaban J connectivity index is 2.84. The first-order valence-corrected chi connectivity index (χ1v) is 6.99. The van der Waals surface area contributed by atoms with Crippen molar-refractivity contribution in [1.82, 2.24) is 5.32 Å². The normalized spacial score (nSPS) is 11.0.